The number of amides is 1. The number of nitrogens with one attached hydrogen (secondary N) is 1. The average molecular weight is 198 g/mol. The number of piperidine rings is 1. The molecule has 0 unspecified atom stereocenters. The number of carbonyl (C=O) groups excluding carboxylic acids is 1. The molecule has 80 valence electrons. The molecule has 2 heterocycles. The van der Waals surface area contributed by atoms with Crippen LogP contribution in [-0.4, -0.2) is 49.7 Å². The zero-order valence-corrected chi connectivity index (χ0v) is 8.50. The molecule has 1 amide bonds. The van der Waals surface area contributed by atoms with Crippen molar-refractivity contribution in [3.8, 4) is 0 Å². The van der Waals surface area contributed by atoms with Crippen LogP contribution in [0, 0.1) is 0 Å². The molecule has 2 fully saturated rings. The number of rotatable bonds is 1. The summed E-state index contributed by atoms with van der Waals surface area (Å²) in [6, 6.07) is 0.0712. The Morgan fingerprint density at radius 3 is 2.71 bits per heavy atom. The first-order valence-electron chi connectivity index (χ1n) is 5.48. The van der Waals surface area contributed by atoms with Crippen LogP contribution in [0.25, 0.3) is 0 Å². The van der Waals surface area contributed by atoms with E-state index in [1.165, 1.54) is 12.8 Å². The van der Waals surface area contributed by atoms with Crippen molar-refractivity contribution in [2.24, 2.45) is 0 Å². The zero-order chi connectivity index (χ0) is 9.80. The van der Waals surface area contributed by atoms with Gasteiger partial charge in [-0.2, -0.15) is 0 Å². The van der Waals surface area contributed by atoms with Crippen LogP contribution in [0.2, 0.25) is 0 Å². The minimum Gasteiger partial charge on any atom is -0.378 e. The minimum atomic E-state index is 0.0712. The van der Waals surface area contributed by atoms with Gasteiger partial charge in [0.25, 0.3) is 0 Å². The van der Waals surface area contributed by atoms with E-state index in [2.05, 4.69) is 5.32 Å². The number of morpholine rings is 1. The molecule has 1 atom stereocenters. The summed E-state index contributed by atoms with van der Waals surface area (Å²) in [5, 5.41) is 3.28. The Bertz CT molecular complexity index is 176. The molecule has 0 aromatic heterocycles. The van der Waals surface area contributed by atoms with Gasteiger partial charge >= 0.3 is 0 Å². The molecule has 4 nitrogen and oxygen atoms in total. The van der Waals surface area contributed by atoms with Crippen molar-refractivity contribution in [3.05, 3.63) is 0 Å². The van der Waals surface area contributed by atoms with Crippen molar-refractivity contribution in [1.82, 2.24) is 10.2 Å². The van der Waals surface area contributed by atoms with Crippen molar-refractivity contribution >= 4 is 5.91 Å². The van der Waals surface area contributed by atoms with Crippen LogP contribution in [0.4, 0.5) is 0 Å². The topological polar surface area (TPSA) is 41.6 Å². The van der Waals surface area contributed by atoms with E-state index in [1.54, 1.807) is 0 Å². The molecular weight excluding hydrogens is 180 g/mol. The zero-order valence-electron chi connectivity index (χ0n) is 8.50. The third kappa shape index (κ3) is 2.25. The normalized spacial score (nSPS) is 28.9. The average Bonchev–Trinajstić information content (AvgIpc) is 2.30. The summed E-state index contributed by atoms with van der Waals surface area (Å²) in [5.74, 6) is 0.271. The highest BCUT2D eigenvalue weighted by Crippen LogP contribution is 2.10. The Labute approximate surface area is 84.6 Å². The lowest BCUT2D eigenvalue weighted by molar-refractivity contribution is -0.138. The number of carbonyl (C=O) groups is 1. The Morgan fingerprint density at radius 2 is 2.07 bits per heavy atom. The van der Waals surface area contributed by atoms with Crippen molar-refractivity contribution in [1.29, 1.82) is 0 Å². The van der Waals surface area contributed by atoms with Gasteiger partial charge in [-0.1, -0.05) is 6.42 Å². The fraction of sp³-hybridized carbons (Fsp3) is 0.900. The van der Waals surface area contributed by atoms with Gasteiger partial charge in [-0.25, -0.2) is 0 Å². The fourth-order valence-corrected chi connectivity index (χ4v) is 2.07. The van der Waals surface area contributed by atoms with E-state index in [0.29, 0.717) is 13.2 Å². The van der Waals surface area contributed by atoms with Gasteiger partial charge < -0.3 is 15.0 Å². The number of hydrogen-bond donors (Lipinski definition) is 1. The molecule has 2 saturated heterocycles. The second-order valence-corrected chi connectivity index (χ2v) is 3.94. The SMILES string of the molecule is O=C([C@@H]1CCCCN1)N1CCOCC1. The molecule has 4 heteroatoms. The highest BCUT2D eigenvalue weighted by molar-refractivity contribution is 5.82. The van der Waals surface area contributed by atoms with Crippen LogP contribution < -0.4 is 5.32 Å². The Hall–Kier alpha value is -0.610. The van der Waals surface area contributed by atoms with Crippen LogP contribution in [0.3, 0.4) is 0 Å². The van der Waals surface area contributed by atoms with Crippen LogP contribution in [0.15, 0.2) is 0 Å². The van der Waals surface area contributed by atoms with E-state index < -0.39 is 0 Å². The van der Waals surface area contributed by atoms with Crippen molar-refractivity contribution < 1.29 is 9.53 Å². The maximum absolute atomic E-state index is 12.0. The predicted octanol–water partition coefficient (Wildman–Crippen LogP) is -0.0127. The van der Waals surface area contributed by atoms with E-state index in [4.69, 9.17) is 4.74 Å². The summed E-state index contributed by atoms with van der Waals surface area (Å²) in [6.07, 6.45) is 3.37. The summed E-state index contributed by atoms with van der Waals surface area (Å²) < 4.78 is 5.22. The Kier molecular flexibility index (Phi) is 3.37. The molecule has 1 N–H and O–H groups in total. The first-order chi connectivity index (χ1) is 6.88. The van der Waals surface area contributed by atoms with Gasteiger partial charge in [0, 0.05) is 13.1 Å². The van der Waals surface area contributed by atoms with E-state index in [-0.39, 0.29) is 11.9 Å². The lowest BCUT2D eigenvalue weighted by Crippen LogP contribution is -2.51. The first-order valence-corrected chi connectivity index (χ1v) is 5.48. The van der Waals surface area contributed by atoms with Gasteiger partial charge in [-0.05, 0) is 19.4 Å². The molecule has 2 aliphatic heterocycles. The minimum absolute atomic E-state index is 0.0712. The van der Waals surface area contributed by atoms with Crippen LogP contribution in [0.1, 0.15) is 19.3 Å². The van der Waals surface area contributed by atoms with E-state index >= 15 is 0 Å². The highest BCUT2D eigenvalue weighted by atomic mass is 16.5. The summed E-state index contributed by atoms with van der Waals surface area (Å²) >= 11 is 0. The monoisotopic (exact) mass is 198 g/mol. The number of hydrogen-bond acceptors (Lipinski definition) is 3. The number of ether oxygens (including phenoxy) is 1. The third-order valence-corrected chi connectivity index (χ3v) is 2.93. The lowest BCUT2D eigenvalue weighted by atomic mass is 10.0. The molecule has 2 rings (SSSR count). The maximum atomic E-state index is 12.0. The summed E-state index contributed by atoms with van der Waals surface area (Å²) in [4.78, 5) is 13.9. The molecule has 2 aliphatic rings. The lowest BCUT2D eigenvalue weighted by Gasteiger charge is -2.32. The van der Waals surface area contributed by atoms with Gasteiger partial charge in [0.1, 0.15) is 0 Å². The van der Waals surface area contributed by atoms with Gasteiger partial charge in [-0.3, -0.25) is 4.79 Å². The van der Waals surface area contributed by atoms with Crippen LogP contribution >= 0.6 is 0 Å². The highest BCUT2D eigenvalue weighted by Gasteiger charge is 2.26. The second-order valence-electron chi connectivity index (χ2n) is 3.94. The molecule has 0 saturated carbocycles. The van der Waals surface area contributed by atoms with Crippen molar-refractivity contribution in [2.45, 2.75) is 25.3 Å². The maximum Gasteiger partial charge on any atom is 0.239 e. The van der Waals surface area contributed by atoms with Gasteiger partial charge in [-0.15, -0.1) is 0 Å². The second kappa shape index (κ2) is 4.75. The standard InChI is InChI=1S/C10H18N2O2/c13-10(9-3-1-2-4-11-9)12-5-7-14-8-6-12/h9,11H,1-8H2/t9-/m0/s1. The smallest absolute Gasteiger partial charge is 0.239 e. The molecule has 0 radical (unpaired) electrons. The number of nitrogens with zero attached hydrogens (tertiary/aromatic N) is 1. The molecule has 0 aliphatic carbocycles. The van der Waals surface area contributed by atoms with E-state index in [1.807, 2.05) is 4.90 Å². The predicted molar refractivity (Wildman–Crippen MR) is 53.0 cm³/mol. The molecule has 0 aromatic rings. The molecule has 0 aromatic carbocycles. The Balaban J connectivity index is 1.85. The molecule has 0 bridgehead atoms. The van der Waals surface area contributed by atoms with Gasteiger partial charge in [0.15, 0.2) is 0 Å². The van der Waals surface area contributed by atoms with E-state index in [0.717, 1.165) is 26.1 Å². The summed E-state index contributed by atoms with van der Waals surface area (Å²) in [5.41, 5.74) is 0. The van der Waals surface area contributed by atoms with Gasteiger partial charge in [0.2, 0.25) is 5.91 Å². The third-order valence-electron chi connectivity index (χ3n) is 2.93. The van der Waals surface area contributed by atoms with Crippen molar-refractivity contribution in [2.75, 3.05) is 32.8 Å². The summed E-state index contributed by atoms with van der Waals surface area (Å²) in [7, 11) is 0. The quantitative estimate of drug-likeness (QED) is 0.644. The molecule has 0 spiro atoms. The van der Waals surface area contributed by atoms with Crippen LogP contribution in [0.5, 0.6) is 0 Å². The van der Waals surface area contributed by atoms with Gasteiger partial charge in [0.05, 0.1) is 19.3 Å². The fourth-order valence-electron chi connectivity index (χ4n) is 2.07. The Morgan fingerprint density at radius 1 is 1.29 bits per heavy atom. The van der Waals surface area contributed by atoms with Crippen LogP contribution in [-0.2, 0) is 9.53 Å². The first kappa shape index (κ1) is 9.93. The molecular formula is C10H18N2O2. The molecule has 14 heavy (non-hydrogen) atoms. The van der Waals surface area contributed by atoms with Crippen molar-refractivity contribution in [3.63, 3.8) is 0 Å². The largest absolute Gasteiger partial charge is 0.378 e. The summed E-state index contributed by atoms with van der Waals surface area (Å²) in [6.45, 7) is 3.89. The van der Waals surface area contributed by atoms with E-state index in [9.17, 15) is 4.79 Å².